The molecule has 22 heteroatoms. The van der Waals surface area contributed by atoms with Crippen molar-refractivity contribution in [2.75, 3.05) is 36.2 Å². The number of amides is 1. The van der Waals surface area contributed by atoms with Gasteiger partial charge in [-0.3, -0.25) is 33.8 Å². The number of halogens is 1. The lowest BCUT2D eigenvalue weighted by Gasteiger charge is -2.30. The normalized spacial score (nSPS) is 14.5. The molecule has 4 aromatic carbocycles. The number of esters is 1. The van der Waals surface area contributed by atoms with E-state index in [1.807, 2.05) is 137 Å². The average Bonchev–Trinajstić information content (AvgIpc) is 1.68. The fraction of sp³-hybridized carbons (Fsp3) is 0.292. The molecule has 0 saturated carbocycles. The van der Waals surface area contributed by atoms with E-state index in [4.69, 9.17) is 35.3 Å². The number of hydrogen-bond donors (Lipinski definition) is 2. The van der Waals surface area contributed by atoms with Crippen molar-refractivity contribution in [3.8, 4) is 27.6 Å². The second-order valence-electron chi connectivity index (χ2n) is 22.0. The van der Waals surface area contributed by atoms with Gasteiger partial charge in [-0.2, -0.15) is 0 Å². The quantitative estimate of drug-likeness (QED) is 0.115. The SMILES string of the molecule is C.C=C1Nc2ccc(NS(=O)(=O)c3ccccc3OC)cc2CN1C.COc1cc2c3c(cnc2cc1-c1c(C)noc1C)CC(=O)N3[C@H](C)c1ccccn1.Cc1sc2c(c1C)C(c1ccc(Cl)cc1)=N[C@@H](CC(=O)OC(C)(C)C)c1nnc(C)n1-2. The first-order chi connectivity index (χ1) is 40.9. The molecule has 1 amide bonds. The fourth-order valence-electron chi connectivity index (χ4n) is 10.7. The van der Waals surface area contributed by atoms with Gasteiger partial charge in [0.05, 0.1) is 72.8 Å². The number of pyridine rings is 2. The summed E-state index contributed by atoms with van der Waals surface area (Å²) >= 11 is 7.82. The Hall–Kier alpha value is -8.92. The number of thiophene rings is 1. The molecule has 0 saturated heterocycles. The summed E-state index contributed by atoms with van der Waals surface area (Å²) in [6.07, 6.45) is 3.95. The second kappa shape index (κ2) is 25.2. The van der Waals surface area contributed by atoms with Crippen molar-refractivity contribution in [2.45, 2.75) is 112 Å². The molecule has 12 rings (SSSR count). The fourth-order valence-corrected chi connectivity index (χ4v) is 13.2. The summed E-state index contributed by atoms with van der Waals surface area (Å²) < 4.78 is 51.7. The maximum atomic E-state index is 13.0. The highest BCUT2D eigenvalue weighted by atomic mass is 35.5. The zero-order valence-corrected chi connectivity index (χ0v) is 52.2. The van der Waals surface area contributed by atoms with Gasteiger partial charge in [0.2, 0.25) is 5.91 Å². The number of aromatic nitrogens is 6. The highest BCUT2D eigenvalue weighted by molar-refractivity contribution is 7.92. The van der Waals surface area contributed by atoms with E-state index in [0.29, 0.717) is 41.0 Å². The molecule has 87 heavy (non-hydrogen) atoms. The monoisotopic (exact) mass is 1230 g/mol. The van der Waals surface area contributed by atoms with Crippen LogP contribution in [0.4, 0.5) is 17.1 Å². The number of nitrogens with one attached hydrogen (secondary N) is 2. The summed E-state index contributed by atoms with van der Waals surface area (Å²) in [5.41, 5.74) is 11.8. The summed E-state index contributed by atoms with van der Waals surface area (Å²) in [5.74, 6) is 3.65. The van der Waals surface area contributed by atoms with Crippen LogP contribution in [-0.2, 0) is 37.3 Å². The van der Waals surface area contributed by atoms with E-state index in [9.17, 15) is 18.0 Å². The Morgan fingerprint density at radius 2 is 1.64 bits per heavy atom. The number of hydrogen-bond acceptors (Lipinski definition) is 17. The van der Waals surface area contributed by atoms with Gasteiger partial charge >= 0.3 is 5.97 Å². The van der Waals surface area contributed by atoms with Crippen molar-refractivity contribution >= 4 is 78.5 Å². The molecule has 0 unspecified atom stereocenters. The molecule has 19 nitrogen and oxygen atoms in total. The van der Waals surface area contributed by atoms with Gasteiger partial charge in [0, 0.05) is 74.9 Å². The number of ether oxygens (including phenoxy) is 3. The molecule has 8 heterocycles. The zero-order chi connectivity index (χ0) is 61.5. The van der Waals surface area contributed by atoms with Crippen molar-refractivity contribution < 1.29 is 36.7 Å². The summed E-state index contributed by atoms with van der Waals surface area (Å²) in [6.45, 7) is 22.1. The zero-order valence-electron chi connectivity index (χ0n) is 49.9. The number of anilines is 3. The van der Waals surface area contributed by atoms with Crippen LogP contribution in [0.25, 0.3) is 27.0 Å². The smallest absolute Gasteiger partial charge is 0.308 e. The number of rotatable bonds is 11. The van der Waals surface area contributed by atoms with Crippen LogP contribution >= 0.6 is 22.9 Å². The van der Waals surface area contributed by atoms with E-state index in [2.05, 4.69) is 55.8 Å². The minimum Gasteiger partial charge on any atom is -0.496 e. The Bertz CT molecular complexity index is 4230. The maximum absolute atomic E-state index is 13.0. The summed E-state index contributed by atoms with van der Waals surface area (Å²) in [7, 11) is 1.27. The van der Waals surface area contributed by atoms with Gasteiger partial charge in [-0.05, 0) is 140 Å². The van der Waals surface area contributed by atoms with Crippen LogP contribution in [0.2, 0.25) is 5.02 Å². The van der Waals surface area contributed by atoms with E-state index >= 15 is 0 Å². The Morgan fingerprint density at radius 3 is 2.32 bits per heavy atom. The molecule has 5 aromatic heterocycles. The first-order valence-corrected chi connectivity index (χ1v) is 30.3. The maximum Gasteiger partial charge on any atom is 0.308 e. The number of para-hydroxylation sites is 1. The summed E-state index contributed by atoms with van der Waals surface area (Å²) in [4.78, 5) is 45.0. The molecular weight excluding hydrogens is 1160 g/mol. The average molecular weight is 1230 g/mol. The van der Waals surface area contributed by atoms with Gasteiger partial charge in [0.15, 0.2) is 5.82 Å². The predicted molar refractivity (Wildman–Crippen MR) is 342 cm³/mol. The number of carbonyl (C=O) groups is 2. The minimum atomic E-state index is -3.73. The van der Waals surface area contributed by atoms with Gasteiger partial charge < -0.3 is 33.9 Å². The predicted octanol–water partition coefficient (Wildman–Crippen LogP) is 13.6. The van der Waals surface area contributed by atoms with Gasteiger partial charge in [0.25, 0.3) is 10.0 Å². The largest absolute Gasteiger partial charge is 0.496 e. The van der Waals surface area contributed by atoms with Crippen LogP contribution in [0.3, 0.4) is 0 Å². The van der Waals surface area contributed by atoms with Crippen molar-refractivity contribution in [3.05, 3.63) is 188 Å². The van der Waals surface area contributed by atoms with Crippen molar-refractivity contribution in [2.24, 2.45) is 4.99 Å². The molecule has 452 valence electrons. The third-order valence-electron chi connectivity index (χ3n) is 14.9. The molecule has 3 aliphatic heterocycles. The number of nitrogens with zero attached hydrogens (tertiary/aromatic N) is 9. The van der Waals surface area contributed by atoms with Crippen LogP contribution < -0.4 is 24.4 Å². The van der Waals surface area contributed by atoms with Crippen LogP contribution in [0.15, 0.2) is 136 Å². The third kappa shape index (κ3) is 12.8. The molecule has 2 atom stereocenters. The second-order valence-corrected chi connectivity index (χ2v) is 25.3. The van der Waals surface area contributed by atoms with Crippen LogP contribution in [-0.4, -0.2) is 87.7 Å². The van der Waals surface area contributed by atoms with Crippen molar-refractivity contribution in [1.29, 1.82) is 0 Å². The van der Waals surface area contributed by atoms with Crippen LogP contribution in [0.1, 0.15) is 115 Å². The molecule has 0 radical (unpaired) electrons. The Labute approximate surface area is 516 Å². The number of aryl methyl sites for hydroxylation is 4. The minimum absolute atomic E-state index is 0. The third-order valence-corrected chi connectivity index (χ3v) is 17.8. The lowest BCUT2D eigenvalue weighted by molar-refractivity contribution is -0.155. The topological polar surface area (TPSA) is 221 Å². The van der Waals surface area contributed by atoms with Gasteiger partial charge in [-0.15, -0.1) is 21.5 Å². The molecule has 0 spiro atoms. The Morgan fingerprint density at radius 1 is 0.920 bits per heavy atom. The van der Waals surface area contributed by atoms with Crippen LogP contribution in [0.5, 0.6) is 11.5 Å². The van der Waals surface area contributed by atoms with Crippen molar-refractivity contribution in [3.63, 3.8) is 0 Å². The number of sulfonamides is 1. The van der Waals surface area contributed by atoms with E-state index in [-0.39, 0.29) is 36.7 Å². The molecule has 3 aliphatic rings. The molecule has 2 N–H and O–H groups in total. The van der Waals surface area contributed by atoms with E-state index in [1.165, 1.54) is 18.1 Å². The van der Waals surface area contributed by atoms with Gasteiger partial charge in [-0.25, -0.2) is 8.42 Å². The highest BCUT2D eigenvalue weighted by Gasteiger charge is 2.36. The number of carbonyl (C=O) groups excluding carboxylic acids is 2. The van der Waals surface area contributed by atoms with Gasteiger partial charge in [0.1, 0.15) is 44.6 Å². The standard InChI is InChI=1S/C24H22N4O3.C23H25ClN4O2S.C17H19N3O3S.CH4/c1-13-23(15(3)31-27-13)18-10-20-17(11-21(18)30-4)24-16(12-26-20)9-22(29)28(24)14(2)19-7-5-6-8-25-19;1-12-13(2)31-22-19(12)20(15-7-9-16(24)10-8-15)25-17(11-18(29)30-23(4,5)6)21-27-26-14(3)28(21)22;1-12-18-15-9-8-14(10-13(15)11-20(12)2)19-24(21,22)17-7-5-4-6-16(17)23-3;/h5-8,10-12,14H,9H2,1-4H3;7-10,17H,11H2,1-6H3;4-10,18-19H,1,11H2,2-3H3;1H4/t14-;17-;;/m10../s1. The Balaban J connectivity index is 0.000000156. The van der Waals surface area contributed by atoms with E-state index in [0.717, 1.165) is 101 Å². The molecule has 0 fully saturated rings. The van der Waals surface area contributed by atoms with Gasteiger partial charge in [-0.1, -0.05) is 61.1 Å². The van der Waals surface area contributed by atoms with Crippen LogP contribution in [0, 0.1) is 34.6 Å². The molecule has 0 aliphatic carbocycles. The number of methoxy groups -OCH3 is 2. The Kier molecular flexibility index (Phi) is 18.1. The number of benzene rings is 4. The van der Waals surface area contributed by atoms with E-state index in [1.54, 1.807) is 55.1 Å². The molecular formula is C65H70ClN11O8S2. The highest BCUT2D eigenvalue weighted by Crippen LogP contribution is 2.45. The summed E-state index contributed by atoms with van der Waals surface area (Å²) in [6, 6.07) is 28.5. The first kappa shape index (κ1) is 62.6. The summed E-state index contributed by atoms with van der Waals surface area (Å²) in [5, 5.41) is 18.5. The van der Waals surface area contributed by atoms with Crippen molar-refractivity contribution in [1.82, 2.24) is 34.8 Å². The lowest BCUT2D eigenvalue weighted by Crippen LogP contribution is -2.30. The molecule has 0 bridgehead atoms. The lowest BCUT2D eigenvalue weighted by atomic mass is 9.99. The molecule has 9 aromatic rings. The number of fused-ring (bicyclic) bond motifs is 7. The van der Waals surface area contributed by atoms with E-state index < -0.39 is 21.7 Å². The number of aliphatic imine (C=N–C) groups is 1. The first-order valence-electron chi connectivity index (χ1n) is 27.6.